The molecule has 0 aliphatic heterocycles. The smallest absolute Gasteiger partial charge is 0.335 e. The lowest BCUT2D eigenvalue weighted by Gasteiger charge is -2.07. The number of fused-ring (bicyclic) bond motifs is 1. The van der Waals surface area contributed by atoms with Gasteiger partial charge in [0.1, 0.15) is 11.6 Å². The van der Waals surface area contributed by atoms with Crippen molar-refractivity contribution in [3.05, 3.63) is 78.1 Å². The molecule has 2 aromatic carbocycles. The minimum atomic E-state index is -1.10. The second-order valence-corrected chi connectivity index (χ2v) is 5.53. The highest BCUT2D eigenvalue weighted by molar-refractivity contribution is 6.07. The molecule has 7 nitrogen and oxygen atoms in total. The zero-order chi connectivity index (χ0) is 19.2. The van der Waals surface area contributed by atoms with Crippen LogP contribution in [0.5, 0.6) is 0 Å². The molecule has 0 atom stereocenters. The Morgan fingerprint density at radius 3 is 2.67 bits per heavy atom. The van der Waals surface area contributed by atoms with Crippen LogP contribution in [-0.4, -0.2) is 22.0 Å². The molecule has 132 valence electrons. The number of carboxylic acid groups (broad SMARTS) is 1. The maximum atomic E-state index is 12.3. The van der Waals surface area contributed by atoms with Crippen LogP contribution in [0.3, 0.4) is 0 Å². The number of benzene rings is 2. The maximum Gasteiger partial charge on any atom is 0.335 e. The van der Waals surface area contributed by atoms with Crippen molar-refractivity contribution in [2.45, 2.75) is 0 Å². The van der Waals surface area contributed by atoms with Gasteiger partial charge in [0.15, 0.2) is 0 Å². The second kappa shape index (κ2) is 7.80. The molecule has 7 heteroatoms. The van der Waals surface area contributed by atoms with Gasteiger partial charge in [0, 0.05) is 23.5 Å². The van der Waals surface area contributed by atoms with Gasteiger partial charge in [0.2, 0.25) is 0 Å². The van der Waals surface area contributed by atoms with Gasteiger partial charge in [-0.1, -0.05) is 24.3 Å². The summed E-state index contributed by atoms with van der Waals surface area (Å²) in [6.07, 6.45) is 2.95. The van der Waals surface area contributed by atoms with Gasteiger partial charge in [-0.2, -0.15) is 5.26 Å². The van der Waals surface area contributed by atoms with Crippen molar-refractivity contribution in [3.63, 3.8) is 0 Å². The predicted molar refractivity (Wildman–Crippen MR) is 101 cm³/mol. The first-order valence-electron chi connectivity index (χ1n) is 7.94. The Morgan fingerprint density at radius 1 is 1.11 bits per heavy atom. The van der Waals surface area contributed by atoms with Gasteiger partial charge in [0.25, 0.3) is 5.91 Å². The highest BCUT2D eigenvalue weighted by Crippen LogP contribution is 2.21. The number of hydrogen-bond donors (Lipinski definition) is 3. The van der Waals surface area contributed by atoms with Gasteiger partial charge in [-0.3, -0.25) is 9.78 Å². The van der Waals surface area contributed by atoms with Gasteiger partial charge in [-0.25, -0.2) is 4.79 Å². The molecule has 27 heavy (non-hydrogen) atoms. The number of nitrogens with one attached hydrogen (secondary N) is 2. The molecule has 0 bridgehead atoms. The van der Waals surface area contributed by atoms with Crippen molar-refractivity contribution in [3.8, 4) is 6.07 Å². The Bertz CT molecular complexity index is 1090. The van der Waals surface area contributed by atoms with E-state index in [-0.39, 0.29) is 16.8 Å². The molecule has 0 aliphatic rings. The quantitative estimate of drug-likeness (QED) is 0.476. The van der Waals surface area contributed by atoms with Crippen LogP contribution in [0.2, 0.25) is 0 Å². The largest absolute Gasteiger partial charge is 0.478 e. The van der Waals surface area contributed by atoms with Crippen LogP contribution < -0.4 is 10.6 Å². The Labute approximate surface area is 154 Å². The molecule has 1 heterocycles. The van der Waals surface area contributed by atoms with Crippen molar-refractivity contribution < 1.29 is 14.7 Å². The number of hydrogen-bond acceptors (Lipinski definition) is 5. The molecule has 3 N–H and O–H groups in total. The van der Waals surface area contributed by atoms with Gasteiger partial charge in [-0.05, 0) is 30.3 Å². The minimum Gasteiger partial charge on any atom is -0.478 e. The number of para-hydroxylation sites is 1. The number of rotatable bonds is 5. The first-order valence-corrected chi connectivity index (χ1v) is 7.94. The number of carbonyl (C=O) groups excluding carboxylic acids is 1. The molecule has 3 rings (SSSR count). The summed E-state index contributed by atoms with van der Waals surface area (Å²) < 4.78 is 0. The fourth-order valence-corrected chi connectivity index (χ4v) is 2.45. The van der Waals surface area contributed by atoms with Gasteiger partial charge >= 0.3 is 5.97 Å². The molecule has 1 aromatic heterocycles. The minimum absolute atomic E-state index is 0.0373. The lowest BCUT2D eigenvalue weighted by molar-refractivity contribution is -0.112. The predicted octanol–water partition coefficient (Wildman–Crippen LogP) is 3.39. The fraction of sp³-hybridized carbons (Fsp3) is 0. The highest BCUT2D eigenvalue weighted by Gasteiger charge is 2.11. The van der Waals surface area contributed by atoms with Crippen molar-refractivity contribution >= 4 is 34.2 Å². The number of aromatic nitrogens is 1. The standard InChI is InChI=1S/C20H14N4O3/c21-11-15(19(25)24-16-7-1-5-14(10-16)20(26)27)12-23-17-8-2-4-13-6-3-9-22-18(13)17/h1-10,12,23H,(H,24,25)(H,26,27)/b15-12-. The second-order valence-electron chi connectivity index (χ2n) is 5.53. The number of anilines is 2. The topological polar surface area (TPSA) is 115 Å². The molecule has 0 radical (unpaired) electrons. The number of aromatic carboxylic acids is 1. The molecule has 0 spiro atoms. The molecule has 0 fully saturated rings. The molecule has 0 aliphatic carbocycles. The number of nitrogens with zero attached hydrogens (tertiary/aromatic N) is 2. The first kappa shape index (κ1) is 17.6. The normalized spacial score (nSPS) is 10.9. The zero-order valence-corrected chi connectivity index (χ0v) is 14.0. The van der Waals surface area contributed by atoms with Crippen LogP contribution in [-0.2, 0) is 4.79 Å². The van der Waals surface area contributed by atoms with E-state index in [2.05, 4.69) is 15.6 Å². The molecular formula is C20H14N4O3. The van der Waals surface area contributed by atoms with E-state index in [4.69, 9.17) is 5.11 Å². The summed E-state index contributed by atoms with van der Waals surface area (Å²) >= 11 is 0. The van der Waals surface area contributed by atoms with E-state index in [1.54, 1.807) is 18.3 Å². The Morgan fingerprint density at radius 2 is 1.89 bits per heavy atom. The average molecular weight is 358 g/mol. The SMILES string of the molecule is N#C/C(=C/Nc1cccc2cccnc12)C(=O)Nc1cccc(C(=O)O)c1. The van der Waals surface area contributed by atoms with Crippen molar-refractivity contribution in [1.29, 1.82) is 5.26 Å². The number of carboxylic acids is 1. The monoisotopic (exact) mass is 358 g/mol. The van der Waals surface area contributed by atoms with E-state index in [9.17, 15) is 14.9 Å². The molecule has 0 unspecified atom stereocenters. The summed E-state index contributed by atoms with van der Waals surface area (Å²) in [6, 6.07) is 16.9. The third-order valence-electron chi connectivity index (χ3n) is 3.74. The summed E-state index contributed by atoms with van der Waals surface area (Å²) in [5.74, 6) is -1.76. The summed E-state index contributed by atoms with van der Waals surface area (Å²) in [4.78, 5) is 27.6. The van der Waals surface area contributed by atoms with Gasteiger partial charge in [0.05, 0.1) is 16.8 Å². The van der Waals surface area contributed by atoms with E-state index in [1.165, 1.54) is 24.4 Å². The van der Waals surface area contributed by atoms with Crippen molar-refractivity contribution in [1.82, 2.24) is 4.98 Å². The van der Waals surface area contributed by atoms with Crippen LogP contribution in [0.25, 0.3) is 10.9 Å². The summed E-state index contributed by atoms with van der Waals surface area (Å²) in [5, 5.41) is 24.6. The molecular weight excluding hydrogens is 344 g/mol. The van der Waals surface area contributed by atoms with Gasteiger partial charge in [-0.15, -0.1) is 0 Å². The van der Waals surface area contributed by atoms with Crippen LogP contribution in [0.4, 0.5) is 11.4 Å². The maximum absolute atomic E-state index is 12.3. The van der Waals surface area contributed by atoms with Crippen LogP contribution in [0.1, 0.15) is 10.4 Å². The lowest BCUT2D eigenvalue weighted by atomic mass is 10.2. The molecule has 1 amide bonds. The first-order chi connectivity index (χ1) is 13.1. The molecule has 0 saturated carbocycles. The average Bonchev–Trinajstić information content (AvgIpc) is 2.68. The number of pyridine rings is 1. The van der Waals surface area contributed by atoms with Crippen molar-refractivity contribution in [2.24, 2.45) is 0 Å². The van der Waals surface area contributed by atoms with E-state index in [0.29, 0.717) is 11.2 Å². The number of amides is 1. The molecule has 0 saturated heterocycles. The van der Waals surface area contributed by atoms with E-state index in [0.717, 1.165) is 5.39 Å². The third-order valence-corrected chi connectivity index (χ3v) is 3.74. The number of nitriles is 1. The van der Waals surface area contributed by atoms with Crippen LogP contribution in [0.15, 0.2) is 72.6 Å². The Hall–Kier alpha value is -4.18. The molecule has 3 aromatic rings. The number of carbonyl (C=O) groups is 2. The summed E-state index contributed by atoms with van der Waals surface area (Å²) in [6.45, 7) is 0. The van der Waals surface area contributed by atoms with E-state index < -0.39 is 11.9 Å². The van der Waals surface area contributed by atoms with Gasteiger partial charge < -0.3 is 15.7 Å². The third kappa shape index (κ3) is 4.08. The zero-order valence-electron chi connectivity index (χ0n) is 14.0. The van der Waals surface area contributed by atoms with Crippen LogP contribution >= 0.6 is 0 Å². The van der Waals surface area contributed by atoms with E-state index in [1.807, 2.05) is 30.3 Å². The van der Waals surface area contributed by atoms with Crippen molar-refractivity contribution in [2.75, 3.05) is 10.6 Å². The van der Waals surface area contributed by atoms with Crippen LogP contribution in [0, 0.1) is 11.3 Å². The summed E-state index contributed by atoms with van der Waals surface area (Å²) in [7, 11) is 0. The highest BCUT2D eigenvalue weighted by atomic mass is 16.4. The Balaban J connectivity index is 1.80. The van der Waals surface area contributed by atoms with E-state index >= 15 is 0 Å². The fourth-order valence-electron chi connectivity index (χ4n) is 2.45. The summed E-state index contributed by atoms with van der Waals surface area (Å²) in [5.41, 5.74) is 1.52. The lowest BCUT2D eigenvalue weighted by Crippen LogP contribution is -2.15. The Kier molecular flexibility index (Phi) is 5.10.